The van der Waals surface area contributed by atoms with Gasteiger partial charge in [-0.2, -0.15) is 0 Å². The van der Waals surface area contributed by atoms with Gasteiger partial charge in [-0.3, -0.25) is 10.1 Å². The Morgan fingerprint density at radius 3 is 3.00 bits per heavy atom. The van der Waals surface area contributed by atoms with Crippen molar-refractivity contribution in [1.82, 2.24) is 10.2 Å². The number of hydrogen-bond acceptors (Lipinski definition) is 3. The molecule has 0 saturated heterocycles. The van der Waals surface area contributed by atoms with E-state index in [2.05, 4.69) is 5.32 Å². The van der Waals surface area contributed by atoms with Crippen molar-refractivity contribution >= 4 is 5.91 Å². The van der Waals surface area contributed by atoms with Crippen LogP contribution in [0, 0.1) is 0 Å². The summed E-state index contributed by atoms with van der Waals surface area (Å²) in [6.07, 6.45) is 3.94. The summed E-state index contributed by atoms with van der Waals surface area (Å²) in [5, 5.41) is 3.16. The Morgan fingerprint density at radius 1 is 1.69 bits per heavy atom. The van der Waals surface area contributed by atoms with E-state index >= 15 is 0 Å². The van der Waals surface area contributed by atoms with Crippen LogP contribution in [0.25, 0.3) is 0 Å². The van der Waals surface area contributed by atoms with E-state index in [-0.39, 0.29) is 11.9 Å². The van der Waals surface area contributed by atoms with Crippen LogP contribution in [0.4, 0.5) is 0 Å². The predicted molar refractivity (Wildman–Crippen MR) is 60.9 cm³/mol. The molecule has 1 N–H and O–H groups in total. The molecule has 1 unspecified atom stereocenters. The molecule has 1 saturated carbocycles. The lowest BCUT2D eigenvalue weighted by Crippen LogP contribution is -2.37. The molecular formula is C12H18N2O2. The zero-order valence-corrected chi connectivity index (χ0v) is 9.77. The molecule has 1 aromatic heterocycles. The maximum atomic E-state index is 11.7. The van der Waals surface area contributed by atoms with Crippen molar-refractivity contribution in [1.29, 1.82) is 0 Å². The molecule has 0 aromatic carbocycles. The number of rotatable bonds is 5. The Hall–Kier alpha value is -1.29. The predicted octanol–water partition coefficient (Wildman–Crippen LogP) is 1.55. The van der Waals surface area contributed by atoms with Gasteiger partial charge in [0, 0.05) is 13.1 Å². The molecule has 1 aliphatic carbocycles. The van der Waals surface area contributed by atoms with Crippen LogP contribution in [0.3, 0.4) is 0 Å². The summed E-state index contributed by atoms with van der Waals surface area (Å²) in [4.78, 5) is 13.6. The van der Waals surface area contributed by atoms with Crippen molar-refractivity contribution in [3.63, 3.8) is 0 Å². The Bertz CT molecular complexity index is 344. The molecule has 0 radical (unpaired) electrons. The molecule has 4 nitrogen and oxygen atoms in total. The van der Waals surface area contributed by atoms with Gasteiger partial charge >= 0.3 is 0 Å². The summed E-state index contributed by atoms with van der Waals surface area (Å²) in [6.45, 7) is 2.36. The average molecular weight is 222 g/mol. The number of nitrogens with one attached hydrogen (secondary N) is 1. The molecule has 1 amide bonds. The van der Waals surface area contributed by atoms with Crippen LogP contribution in [0.2, 0.25) is 0 Å². The van der Waals surface area contributed by atoms with E-state index in [9.17, 15) is 4.79 Å². The highest BCUT2D eigenvalue weighted by Crippen LogP contribution is 2.25. The standard InChI is InChI=1S/C12H18N2O2/c1-9(11-4-3-7-16-11)13-8-12(15)14(2)10-5-6-10/h3-4,7,9-10,13H,5-6,8H2,1-2H3. The molecule has 4 heteroatoms. The van der Waals surface area contributed by atoms with Gasteiger partial charge < -0.3 is 9.32 Å². The average Bonchev–Trinajstić information content (AvgIpc) is 2.99. The first-order valence-corrected chi connectivity index (χ1v) is 5.71. The minimum atomic E-state index is 0.0755. The highest BCUT2D eigenvalue weighted by atomic mass is 16.3. The number of nitrogens with zero attached hydrogens (tertiary/aromatic N) is 1. The van der Waals surface area contributed by atoms with Gasteiger partial charge in [0.2, 0.25) is 5.91 Å². The fourth-order valence-electron chi connectivity index (χ4n) is 1.67. The third-order valence-corrected chi connectivity index (χ3v) is 3.02. The van der Waals surface area contributed by atoms with Crippen LogP contribution >= 0.6 is 0 Å². The van der Waals surface area contributed by atoms with Crippen molar-refractivity contribution in [2.24, 2.45) is 0 Å². The van der Waals surface area contributed by atoms with Crippen LogP contribution in [0.1, 0.15) is 31.6 Å². The molecule has 16 heavy (non-hydrogen) atoms. The normalized spacial score (nSPS) is 17.1. The largest absolute Gasteiger partial charge is 0.468 e. The minimum Gasteiger partial charge on any atom is -0.468 e. The van der Waals surface area contributed by atoms with Gasteiger partial charge in [0.25, 0.3) is 0 Å². The molecule has 1 fully saturated rings. The lowest BCUT2D eigenvalue weighted by atomic mass is 10.2. The van der Waals surface area contributed by atoms with Gasteiger partial charge in [-0.05, 0) is 31.9 Å². The Balaban J connectivity index is 1.76. The number of carbonyl (C=O) groups is 1. The lowest BCUT2D eigenvalue weighted by molar-refractivity contribution is -0.129. The molecule has 1 aromatic rings. The molecule has 0 bridgehead atoms. The van der Waals surface area contributed by atoms with Crippen molar-refractivity contribution in [2.45, 2.75) is 31.8 Å². The molecular weight excluding hydrogens is 204 g/mol. The summed E-state index contributed by atoms with van der Waals surface area (Å²) in [7, 11) is 1.87. The number of likely N-dealkylation sites (N-methyl/N-ethyl adjacent to an activating group) is 1. The number of amides is 1. The molecule has 1 atom stereocenters. The molecule has 1 heterocycles. The van der Waals surface area contributed by atoms with E-state index in [1.54, 1.807) is 6.26 Å². The van der Waals surface area contributed by atoms with Gasteiger partial charge in [0.05, 0.1) is 18.8 Å². The lowest BCUT2D eigenvalue weighted by Gasteiger charge is -2.18. The maximum absolute atomic E-state index is 11.7. The van der Waals surface area contributed by atoms with E-state index in [1.807, 2.05) is 31.0 Å². The summed E-state index contributed by atoms with van der Waals surface area (Å²) >= 11 is 0. The third kappa shape index (κ3) is 2.64. The van der Waals surface area contributed by atoms with Crippen LogP contribution in [0.5, 0.6) is 0 Å². The van der Waals surface area contributed by atoms with Crippen LogP contribution < -0.4 is 5.32 Å². The molecule has 2 rings (SSSR count). The monoisotopic (exact) mass is 222 g/mol. The van der Waals surface area contributed by atoms with Crippen LogP contribution in [0.15, 0.2) is 22.8 Å². The van der Waals surface area contributed by atoms with Gasteiger partial charge in [0.1, 0.15) is 5.76 Å². The summed E-state index contributed by atoms with van der Waals surface area (Å²) in [5.74, 6) is 1.02. The summed E-state index contributed by atoms with van der Waals surface area (Å²) in [6, 6.07) is 4.32. The van der Waals surface area contributed by atoms with E-state index < -0.39 is 0 Å². The third-order valence-electron chi connectivity index (χ3n) is 3.02. The topological polar surface area (TPSA) is 45.5 Å². The van der Waals surface area contributed by atoms with E-state index in [1.165, 1.54) is 0 Å². The van der Waals surface area contributed by atoms with Gasteiger partial charge in [0.15, 0.2) is 0 Å². The maximum Gasteiger partial charge on any atom is 0.236 e. The van der Waals surface area contributed by atoms with Crippen LogP contribution in [-0.2, 0) is 4.79 Å². The van der Waals surface area contributed by atoms with Crippen molar-refractivity contribution < 1.29 is 9.21 Å². The zero-order chi connectivity index (χ0) is 11.5. The molecule has 1 aliphatic rings. The second-order valence-corrected chi connectivity index (χ2v) is 4.35. The quantitative estimate of drug-likeness (QED) is 0.822. The first-order chi connectivity index (χ1) is 7.68. The van der Waals surface area contributed by atoms with E-state index in [0.717, 1.165) is 18.6 Å². The number of hydrogen-bond donors (Lipinski definition) is 1. The fourth-order valence-corrected chi connectivity index (χ4v) is 1.67. The van der Waals surface area contributed by atoms with E-state index in [0.29, 0.717) is 12.6 Å². The number of carbonyl (C=O) groups excluding carboxylic acids is 1. The second-order valence-electron chi connectivity index (χ2n) is 4.35. The minimum absolute atomic E-state index is 0.0755. The first-order valence-electron chi connectivity index (χ1n) is 5.71. The van der Waals surface area contributed by atoms with Crippen molar-refractivity contribution in [3.8, 4) is 0 Å². The first kappa shape index (κ1) is 11.2. The number of furan rings is 1. The molecule has 0 aliphatic heterocycles. The Labute approximate surface area is 95.6 Å². The fraction of sp³-hybridized carbons (Fsp3) is 0.583. The smallest absolute Gasteiger partial charge is 0.236 e. The van der Waals surface area contributed by atoms with Gasteiger partial charge in [-0.15, -0.1) is 0 Å². The van der Waals surface area contributed by atoms with Crippen molar-refractivity contribution in [3.05, 3.63) is 24.2 Å². The summed E-state index contributed by atoms with van der Waals surface area (Å²) < 4.78 is 5.26. The van der Waals surface area contributed by atoms with E-state index in [4.69, 9.17) is 4.42 Å². The zero-order valence-electron chi connectivity index (χ0n) is 9.77. The summed E-state index contributed by atoms with van der Waals surface area (Å²) in [5.41, 5.74) is 0. The molecule has 0 spiro atoms. The highest BCUT2D eigenvalue weighted by molar-refractivity contribution is 5.78. The van der Waals surface area contributed by atoms with Gasteiger partial charge in [-0.25, -0.2) is 0 Å². The molecule has 88 valence electrons. The highest BCUT2D eigenvalue weighted by Gasteiger charge is 2.29. The van der Waals surface area contributed by atoms with Crippen LogP contribution in [-0.4, -0.2) is 30.4 Å². The second kappa shape index (κ2) is 4.70. The SMILES string of the molecule is CC(NCC(=O)N(C)C1CC1)c1ccco1. The van der Waals surface area contributed by atoms with Crippen molar-refractivity contribution in [2.75, 3.05) is 13.6 Å². The Morgan fingerprint density at radius 2 is 2.44 bits per heavy atom. The Kier molecular flexibility index (Phi) is 3.29. The van der Waals surface area contributed by atoms with Gasteiger partial charge in [-0.1, -0.05) is 0 Å².